The number of likely N-dealkylation sites (tertiary alicyclic amines) is 1. The first-order chi connectivity index (χ1) is 9.28. The molecule has 0 spiro atoms. The van der Waals surface area contributed by atoms with Crippen molar-refractivity contribution in [3.8, 4) is 0 Å². The van der Waals surface area contributed by atoms with Crippen molar-refractivity contribution in [2.45, 2.75) is 52.2 Å². The smallest absolute Gasteiger partial charge is 0.329 e. The summed E-state index contributed by atoms with van der Waals surface area (Å²) in [6, 6.07) is -0.483. The predicted molar refractivity (Wildman–Crippen MR) is 76.8 cm³/mol. The lowest BCUT2D eigenvalue weighted by Gasteiger charge is -2.27. The topological polar surface area (TPSA) is 59.5 Å². The van der Waals surface area contributed by atoms with Crippen LogP contribution < -0.4 is 0 Å². The van der Waals surface area contributed by atoms with Gasteiger partial charge in [0.15, 0.2) is 0 Å². The molecule has 0 N–H and O–H groups in total. The molecule has 0 aromatic carbocycles. The maximum Gasteiger partial charge on any atom is 0.329 e. The predicted octanol–water partition coefficient (Wildman–Crippen LogP) is 2.40. The lowest BCUT2D eigenvalue weighted by atomic mass is 10.1. The molecule has 20 heavy (non-hydrogen) atoms. The highest BCUT2D eigenvalue weighted by Crippen LogP contribution is 2.23. The second-order valence-electron chi connectivity index (χ2n) is 5.94. The summed E-state index contributed by atoms with van der Waals surface area (Å²) in [4.78, 5) is 30.4. The zero-order valence-corrected chi connectivity index (χ0v) is 13.1. The number of aromatic nitrogens is 1. The van der Waals surface area contributed by atoms with Crippen molar-refractivity contribution < 1.29 is 14.3 Å². The van der Waals surface area contributed by atoms with Crippen molar-refractivity contribution in [2.75, 3.05) is 6.54 Å². The number of carbonyl (C=O) groups excluding carboxylic acids is 2. The van der Waals surface area contributed by atoms with Crippen LogP contribution >= 0.6 is 11.3 Å². The molecule has 5 nitrogen and oxygen atoms in total. The monoisotopic (exact) mass is 296 g/mol. The van der Waals surface area contributed by atoms with Crippen LogP contribution in [0, 0.1) is 6.92 Å². The van der Waals surface area contributed by atoms with Gasteiger partial charge in [0, 0.05) is 11.9 Å². The Morgan fingerprint density at radius 2 is 2.15 bits per heavy atom. The highest BCUT2D eigenvalue weighted by Gasteiger charge is 2.37. The quantitative estimate of drug-likeness (QED) is 0.786. The zero-order chi connectivity index (χ0) is 14.9. The minimum Gasteiger partial charge on any atom is -0.458 e. The zero-order valence-electron chi connectivity index (χ0n) is 12.3. The van der Waals surface area contributed by atoms with Crippen LogP contribution in [0.4, 0.5) is 0 Å². The molecule has 6 heteroatoms. The molecule has 0 aliphatic carbocycles. The normalized spacial score (nSPS) is 19.2. The number of nitrogens with zero attached hydrogens (tertiary/aromatic N) is 2. The van der Waals surface area contributed by atoms with Crippen LogP contribution in [0.5, 0.6) is 0 Å². The molecule has 1 aromatic rings. The van der Waals surface area contributed by atoms with E-state index in [0.717, 1.165) is 11.4 Å². The molecule has 1 saturated heterocycles. The third kappa shape index (κ3) is 3.36. The molecule has 0 saturated carbocycles. The molecule has 110 valence electrons. The van der Waals surface area contributed by atoms with Gasteiger partial charge in [0.05, 0.1) is 5.01 Å². The van der Waals surface area contributed by atoms with Crippen molar-refractivity contribution in [2.24, 2.45) is 0 Å². The lowest BCUT2D eigenvalue weighted by molar-refractivity contribution is -0.159. The number of aryl methyl sites for hydroxylation is 1. The molecule has 2 heterocycles. The Labute approximate surface area is 122 Å². The fraction of sp³-hybridized carbons (Fsp3) is 0.643. The van der Waals surface area contributed by atoms with Crippen molar-refractivity contribution in [1.82, 2.24) is 9.88 Å². The van der Waals surface area contributed by atoms with E-state index in [1.165, 1.54) is 11.3 Å². The summed E-state index contributed by atoms with van der Waals surface area (Å²) in [6.45, 7) is 7.93. The van der Waals surface area contributed by atoms with Gasteiger partial charge in [-0.15, -0.1) is 11.3 Å². The standard InChI is InChI=1S/C14H20N2O3S/c1-9-15-10(8-20-9)12(17)16-7-5-6-11(16)13(18)19-14(2,3)4/h8,11H,5-7H2,1-4H3/t11-/m1/s1. The van der Waals surface area contributed by atoms with Crippen LogP contribution in [-0.4, -0.2) is 39.9 Å². The number of carbonyl (C=O) groups is 2. The summed E-state index contributed by atoms with van der Waals surface area (Å²) >= 11 is 1.44. The number of amides is 1. The first-order valence-corrected chi connectivity index (χ1v) is 7.62. The van der Waals surface area contributed by atoms with E-state index in [2.05, 4.69) is 4.98 Å². The van der Waals surface area contributed by atoms with Crippen LogP contribution in [0.25, 0.3) is 0 Å². The minimum absolute atomic E-state index is 0.178. The van der Waals surface area contributed by atoms with E-state index in [9.17, 15) is 9.59 Å². The Morgan fingerprint density at radius 1 is 1.45 bits per heavy atom. The Morgan fingerprint density at radius 3 is 2.70 bits per heavy atom. The molecular formula is C14H20N2O3S. The van der Waals surface area contributed by atoms with Gasteiger partial charge in [-0.1, -0.05) is 0 Å². The van der Waals surface area contributed by atoms with Crippen molar-refractivity contribution in [3.63, 3.8) is 0 Å². The van der Waals surface area contributed by atoms with Gasteiger partial charge in [0.25, 0.3) is 5.91 Å². The van der Waals surface area contributed by atoms with Gasteiger partial charge in [-0.25, -0.2) is 9.78 Å². The van der Waals surface area contributed by atoms with Crippen molar-refractivity contribution >= 4 is 23.2 Å². The van der Waals surface area contributed by atoms with E-state index in [4.69, 9.17) is 4.74 Å². The van der Waals surface area contributed by atoms with Gasteiger partial charge in [0.2, 0.25) is 0 Å². The lowest BCUT2D eigenvalue weighted by Crippen LogP contribution is -2.43. The van der Waals surface area contributed by atoms with E-state index in [0.29, 0.717) is 18.7 Å². The first-order valence-electron chi connectivity index (χ1n) is 6.74. The molecule has 1 atom stereocenters. The molecule has 1 fully saturated rings. The average Bonchev–Trinajstić information content (AvgIpc) is 2.93. The van der Waals surface area contributed by atoms with Crippen LogP contribution in [-0.2, 0) is 9.53 Å². The molecule has 1 amide bonds. The number of hydrogen-bond acceptors (Lipinski definition) is 5. The maximum atomic E-state index is 12.4. The summed E-state index contributed by atoms with van der Waals surface area (Å²) in [6.07, 6.45) is 1.47. The SMILES string of the molecule is Cc1nc(C(=O)N2CCC[C@@H]2C(=O)OC(C)(C)C)cs1. The second-order valence-corrected chi connectivity index (χ2v) is 7.00. The van der Waals surface area contributed by atoms with Gasteiger partial charge in [-0.3, -0.25) is 4.79 Å². The van der Waals surface area contributed by atoms with Gasteiger partial charge < -0.3 is 9.64 Å². The molecule has 0 bridgehead atoms. The summed E-state index contributed by atoms with van der Waals surface area (Å²) in [7, 11) is 0. The molecule has 1 aromatic heterocycles. The average molecular weight is 296 g/mol. The van der Waals surface area contributed by atoms with Crippen LogP contribution in [0.2, 0.25) is 0 Å². The largest absolute Gasteiger partial charge is 0.458 e. The van der Waals surface area contributed by atoms with Gasteiger partial charge in [-0.2, -0.15) is 0 Å². The molecule has 1 aliphatic heterocycles. The van der Waals surface area contributed by atoms with E-state index in [-0.39, 0.29) is 11.9 Å². The Bertz CT molecular complexity index is 519. The summed E-state index contributed by atoms with van der Waals surface area (Å²) in [5.74, 6) is -0.502. The number of hydrogen-bond donors (Lipinski definition) is 0. The van der Waals surface area contributed by atoms with E-state index >= 15 is 0 Å². The maximum absolute atomic E-state index is 12.4. The van der Waals surface area contributed by atoms with Crippen molar-refractivity contribution in [3.05, 3.63) is 16.1 Å². The summed E-state index contributed by atoms with van der Waals surface area (Å²) < 4.78 is 5.39. The van der Waals surface area contributed by atoms with Gasteiger partial charge in [-0.05, 0) is 40.5 Å². The molecule has 2 rings (SSSR count). The Balaban J connectivity index is 2.11. The Kier molecular flexibility index (Phi) is 4.13. The Hall–Kier alpha value is -1.43. The molecular weight excluding hydrogens is 276 g/mol. The third-order valence-corrected chi connectivity index (χ3v) is 3.80. The highest BCUT2D eigenvalue weighted by molar-refractivity contribution is 7.09. The van der Waals surface area contributed by atoms with Gasteiger partial charge in [0.1, 0.15) is 17.3 Å². The van der Waals surface area contributed by atoms with Crippen LogP contribution in [0.15, 0.2) is 5.38 Å². The number of thiazole rings is 1. The molecule has 1 aliphatic rings. The first kappa shape index (κ1) is 15.0. The molecule has 0 unspecified atom stereocenters. The highest BCUT2D eigenvalue weighted by atomic mass is 32.1. The van der Waals surface area contributed by atoms with Crippen LogP contribution in [0.3, 0.4) is 0 Å². The summed E-state index contributed by atoms with van der Waals surface area (Å²) in [5, 5.41) is 2.59. The van der Waals surface area contributed by atoms with Crippen LogP contribution in [0.1, 0.15) is 49.1 Å². The summed E-state index contributed by atoms with van der Waals surface area (Å²) in [5.41, 5.74) is -0.117. The van der Waals surface area contributed by atoms with Gasteiger partial charge >= 0.3 is 5.97 Å². The van der Waals surface area contributed by atoms with E-state index in [1.54, 1.807) is 10.3 Å². The van der Waals surface area contributed by atoms with E-state index in [1.807, 2.05) is 27.7 Å². The number of ether oxygens (including phenoxy) is 1. The van der Waals surface area contributed by atoms with E-state index < -0.39 is 11.6 Å². The fourth-order valence-corrected chi connectivity index (χ4v) is 2.82. The number of esters is 1. The molecule has 0 radical (unpaired) electrons. The minimum atomic E-state index is -0.536. The fourth-order valence-electron chi connectivity index (χ4n) is 2.23. The third-order valence-electron chi connectivity index (χ3n) is 3.03. The van der Waals surface area contributed by atoms with Crippen molar-refractivity contribution in [1.29, 1.82) is 0 Å². The number of rotatable bonds is 2. The second kappa shape index (κ2) is 5.52.